The van der Waals surface area contributed by atoms with Gasteiger partial charge in [0.25, 0.3) is 0 Å². The van der Waals surface area contributed by atoms with E-state index in [1.807, 2.05) is 29.2 Å². The molecule has 1 N–H and O–H groups in total. The van der Waals surface area contributed by atoms with Crippen LogP contribution in [0.3, 0.4) is 0 Å². The number of anilines is 1. The first-order valence-electron chi connectivity index (χ1n) is 7.49. The SMILES string of the molecule is COc1ccc([C@H]2[C@@H](C(=O)O)CCN2c2ccc(F)cc2)cc1. The number of rotatable bonds is 4. The van der Waals surface area contributed by atoms with Crippen molar-refractivity contribution in [2.24, 2.45) is 5.92 Å². The van der Waals surface area contributed by atoms with Crippen LogP contribution in [0.25, 0.3) is 0 Å². The number of halogens is 1. The zero-order chi connectivity index (χ0) is 16.4. The van der Waals surface area contributed by atoms with E-state index < -0.39 is 11.9 Å². The molecule has 1 aliphatic heterocycles. The summed E-state index contributed by atoms with van der Waals surface area (Å²) in [6, 6.07) is 13.3. The van der Waals surface area contributed by atoms with Gasteiger partial charge in [-0.1, -0.05) is 12.1 Å². The van der Waals surface area contributed by atoms with Crippen LogP contribution in [0, 0.1) is 11.7 Å². The van der Waals surface area contributed by atoms with Crippen LogP contribution in [0.2, 0.25) is 0 Å². The summed E-state index contributed by atoms with van der Waals surface area (Å²) < 4.78 is 18.3. The lowest BCUT2D eigenvalue weighted by atomic mass is 9.93. The van der Waals surface area contributed by atoms with Crippen LogP contribution >= 0.6 is 0 Å². The van der Waals surface area contributed by atoms with Gasteiger partial charge in [-0.15, -0.1) is 0 Å². The molecule has 5 heteroatoms. The number of ether oxygens (including phenoxy) is 1. The first-order chi connectivity index (χ1) is 11.1. The Hall–Kier alpha value is -2.56. The molecule has 23 heavy (non-hydrogen) atoms. The molecular weight excluding hydrogens is 297 g/mol. The van der Waals surface area contributed by atoms with Gasteiger partial charge in [-0.25, -0.2) is 4.39 Å². The summed E-state index contributed by atoms with van der Waals surface area (Å²) in [7, 11) is 1.59. The van der Waals surface area contributed by atoms with Crippen molar-refractivity contribution in [1.29, 1.82) is 0 Å². The van der Waals surface area contributed by atoms with Crippen molar-refractivity contribution < 1.29 is 19.0 Å². The molecule has 0 spiro atoms. The molecule has 0 aliphatic carbocycles. The van der Waals surface area contributed by atoms with E-state index in [0.29, 0.717) is 13.0 Å². The Labute approximate surface area is 134 Å². The molecule has 1 heterocycles. The molecule has 0 aromatic heterocycles. The lowest BCUT2D eigenvalue weighted by Gasteiger charge is -2.29. The summed E-state index contributed by atoms with van der Waals surface area (Å²) in [5, 5.41) is 9.54. The molecule has 120 valence electrons. The fourth-order valence-corrected chi connectivity index (χ4v) is 3.19. The van der Waals surface area contributed by atoms with Crippen LogP contribution in [0.4, 0.5) is 10.1 Å². The van der Waals surface area contributed by atoms with Gasteiger partial charge >= 0.3 is 5.97 Å². The van der Waals surface area contributed by atoms with Gasteiger partial charge in [0, 0.05) is 12.2 Å². The number of hydrogen-bond acceptors (Lipinski definition) is 3. The average Bonchev–Trinajstić information content (AvgIpc) is 3.01. The third-order valence-corrected chi connectivity index (χ3v) is 4.33. The molecule has 1 saturated heterocycles. The minimum atomic E-state index is -0.810. The Balaban J connectivity index is 1.97. The predicted molar refractivity (Wildman–Crippen MR) is 85.2 cm³/mol. The van der Waals surface area contributed by atoms with Gasteiger partial charge in [-0.05, 0) is 48.4 Å². The second kappa shape index (κ2) is 6.28. The van der Waals surface area contributed by atoms with E-state index in [1.165, 1.54) is 12.1 Å². The zero-order valence-corrected chi connectivity index (χ0v) is 12.8. The molecule has 0 radical (unpaired) electrons. The van der Waals surface area contributed by atoms with Crippen molar-refractivity contribution in [2.75, 3.05) is 18.6 Å². The number of carboxylic acid groups (broad SMARTS) is 1. The molecule has 4 nitrogen and oxygen atoms in total. The van der Waals surface area contributed by atoms with Gasteiger partial charge in [0.1, 0.15) is 11.6 Å². The standard InChI is InChI=1S/C18H18FNO3/c1-23-15-8-2-12(3-9-15)17-16(18(21)22)10-11-20(17)14-6-4-13(19)5-7-14/h2-9,16-17H,10-11H2,1H3,(H,21,22)/t16-,17-/m0/s1. The van der Waals surface area contributed by atoms with Crippen LogP contribution < -0.4 is 9.64 Å². The number of hydrogen-bond donors (Lipinski definition) is 1. The highest BCUT2D eigenvalue weighted by atomic mass is 19.1. The first-order valence-corrected chi connectivity index (χ1v) is 7.49. The van der Waals surface area contributed by atoms with E-state index in [2.05, 4.69) is 0 Å². The Kier molecular flexibility index (Phi) is 4.19. The fraction of sp³-hybridized carbons (Fsp3) is 0.278. The Bertz CT molecular complexity index is 684. The zero-order valence-electron chi connectivity index (χ0n) is 12.8. The maximum Gasteiger partial charge on any atom is 0.309 e. The summed E-state index contributed by atoms with van der Waals surface area (Å²) in [6.07, 6.45) is 0.559. The fourth-order valence-electron chi connectivity index (χ4n) is 3.19. The number of benzene rings is 2. The Morgan fingerprint density at radius 3 is 2.39 bits per heavy atom. The second-order valence-electron chi connectivity index (χ2n) is 5.62. The Morgan fingerprint density at radius 2 is 1.83 bits per heavy atom. The third-order valence-electron chi connectivity index (χ3n) is 4.33. The molecule has 2 aromatic carbocycles. The maximum absolute atomic E-state index is 13.2. The third kappa shape index (κ3) is 2.99. The van der Waals surface area contributed by atoms with Gasteiger partial charge in [-0.3, -0.25) is 4.79 Å². The highest BCUT2D eigenvalue weighted by molar-refractivity contribution is 5.74. The van der Waals surface area contributed by atoms with E-state index in [-0.39, 0.29) is 11.9 Å². The second-order valence-corrected chi connectivity index (χ2v) is 5.62. The molecule has 1 fully saturated rings. The van der Waals surface area contributed by atoms with Crippen molar-refractivity contribution in [3.63, 3.8) is 0 Å². The van der Waals surface area contributed by atoms with E-state index in [0.717, 1.165) is 17.0 Å². The summed E-state index contributed by atoms with van der Waals surface area (Å²) in [5.41, 5.74) is 1.75. The molecule has 0 unspecified atom stereocenters. The quantitative estimate of drug-likeness (QED) is 0.938. The molecule has 3 rings (SSSR count). The van der Waals surface area contributed by atoms with Gasteiger partial charge in [0.15, 0.2) is 0 Å². The minimum Gasteiger partial charge on any atom is -0.497 e. The highest BCUT2D eigenvalue weighted by Crippen LogP contribution is 2.41. The van der Waals surface area contributed by atoms with Crippen molar-refractivity contribution in [3.8, 4) is 5.75 Å². The van der Waals surface area contributed by atoms with E-state index in [9.17, 15) is 14.3 Å². The first kappa shape index (κ1) is 15.3. The van der Waals surface area contributed by atoms with Crippen molar-refractivity contribution in [2.45, 2.75) is 12.5 Å². The lowest BCUT2D eigenvalue weighted by molar-refractivity contribution is -0.141. The van der Waals surface area contributed by atoms with Crippen molar-refractivity contribution in [1.82, 2.24) is 0 Å². The van der Waals surface area contributed by atoms with Crippen molar-refractivity contribution >= 4 is 11.7 Å². The van der Waals surface area contributed by atoms with Gasteiger partial charge in [-0.2, -0.15) is 0 Å². The largest absolute Gasteiger partial charge is 0.497 e. The van der Waals surface area contributed by atoms with Crippen LogP contribution in [0.15, 0.2) is 48.5 Å². The van der Waals surface area contributed by atoms with Gasteiger partial charge in [0.05, 0.1) is 19.1 Å². The molecular formula is C18H18FNO3. The molecule has 2 aromatic rings. The summed E-state index contributed by atoms with van der Waals surface area (Å²) in [4.78, 5) is 13.7. The van der Waals surface area contributed by atoms with Crippen LogP contribution in [0.5, 0.6) is 5.75 Å². The predicted octanol–water partition coefficient (Wildman–Crippen LogP) is 3.49. The average molecular weight is 315 g/mol. The molecule has 0 saturated carbocycles. The molecule has 0 amide bonds. The van der Waals surface area contributed by atoms with Crippen LogP contribution in [-0.4, -0.2) is 24.7 Å². The summed E-state index contributed by atoms with van der Waals surface area (Å²) >= 11 is 0. The van der Waals surface area contributed by atoms with E-state index >= 15 is 0 Å². The smallest absolute Gasteiger partial charge is 0.309 e. The van der Waals surface area contributed by atoms with Crippen molar-refractivity contribution in [3.05, 3.63) is 59.9 Å². The molecule has 1 aliphatic rings. The number of carboxylic acids is 1. The molecule has 2 atom stereocenters. The van der Waals surface area contributed by atoms with Gasteiger partial charge < -0.3 is 14.7 Å². The molecule has 0 bridgehead atoms. The highest BCUT2D eigenvalue weighted by Gasteiger charge is 2.39. The monoisotopic (exact) mass is 315 g/mol. The number of nitrogens with zero attached hydrogens (tertiary/aromatic N) is 1. The van der Waals surface area contributed by atoms with Crippen LogP contribution in [0.1, 0.15) is 18.0 Å². The summed E-state index contributed by atoms with van der Waals surface area (Å²) in [6.45, 7) is 0.624. The number of aliphatic carboxylic acids is 1. The number of carbonyl (C=O) groups is 1. The van der Waals surface area contributed by atoms with E-state index in [1.54, 1.807) is 19.2 Å². The Morgan fingerprint density at radius 1 is 1.17 bits per heavy atom. The van der Waals surface area contributed by atoms with E-state index in [4.69, 9.17) is 4.74 Å². The minimum absolute atomic E-state index is 0.274. The van der Waals surface area contributed by atoms with Gasteiger partial charge in [0.2, 0.25) is 0 Å². The maximum atomic E-state index is 13.2. The summed E-state index contributed by atoms with van der Waals surface area (Å²) in [5.74, 6) is -0.875. The topological polar surface area (TPSA) is 49.8 Å². The number of methoxy groups -OCH3 is 1. The lowest BCUT2D eigenvalue weighted by Crippen LogP contribution is -2.28. The van der Waals surface area contributed by atoms with Crippen LogP contribution in [-0.2, 0) is 4.79 Å². The normalized spacial score (nSPS) is 20.5.